The first-order chi connectivity index (χ1) is 15.8. The summed E-state index contributed by atoms with van der Waals surface area (Å²) >= 11 is 0. The summed E-state index contributed by atoms with van der Waals surface area (Å²) in [5, 5.41) is 9.56. The van der Waals surface area contributed by atoms with Gasteiger partial charge in [0.25, 0.3) is 5.91 Å². The number of piperidine rings is 1. The molecule has 33 heavy (non-hydrogen) atoms. The van der Waals surface area contributed by atoms with Crippen molar-refractivity contribution in [1.82, 2.24) is 20.1 Å². The zero-order chi connectivity index (χ0) is 23.4. The number of likely N-dealkylation sites (tertiary alicyclic amines) is 1. The molecule has 2 aromatic heterocycles. The maximum absolute atomic E-state index is 12.9. The summed E-state index contributed by atoms with van der Waals surface area (Å²) in [4.78, 5) is 31.4. The zero-order valence-electron chi connectivity index (χ0n) is 17.3. The highest BCUT2D eigenvalue weighted by Gasteiger charge is 2.32. The first-order valence-corrected chi connectivity index (χ1v) is 10.2. The van der Waals surface area contributed by atoms with Crippen LogP contribution in [0.3, 0.4) is 0 Å². The lowest BCUT2D eigenvalue weighted by Crippen LogP contribution is -2.43. The molecule has 0 aliphatic carbocycles. The number of nitrogens with zero attached hydrogens (tertiary/aromatic N) is 3. The van der Waals surface area contributed by atoms with E-state index in [-0.39, 0.29) is 24.1 Å². The number of aromatic amines is 1. The van der Waals surface area contributed by atoms with Gasteiger partial charge >= 0.3 is 6.36 Å². The number of carbonyl (C=O) groups excluding carboxylic acids is 2. The van der Waals surface area contributed by atoms with Gasteiger partial charge in [-0.15, -0.1) is 13.2 Å². The van der Waals surface area contributed by atoms with Gasteiger partial charge in [0.05, 0.1) is 11.6 Å². The second-order valence-electron chi connectivity index (χ2n) is 7.53. The van der Waals surface area contributed by atoms with Crippen LogP contribution in [0.15, 0.2) is 54.7 Å². The number of halogens is 3. The minimum atomic E-state index is -4.78. The highest BCUT2D eigenvalue weighted by atomic mass is 19.4. The fraction of sp³-hybridized carbons (Fsp3) is 0.273. The van der Waals surface area contributed by atoms with Crippen LogP contribution in [-0.2, 0) is 4.79 Å². The Morgan fingerprint density at radius 2 is 1.91 bits per heavy atom. The van der Waals surface area contributed by atoms with Crippen LogP contribution in [0.1, 0.15) is 23.3 Å². The number of rotatable bonds is 5. The van der Waals surface area contributed by atoms with Crippen molar-refractivity contribution in [2.45, 2.75) is 19.2 Å². The normalized spacial score (nSPS) is 16.3. The number of benzene rings is 1. The number of anilines is 1. The Morgan fingerprint density at radius 3 is 2.61 bits per heavy atom. The SMILES string of the molecule is O=C(Nc1ccc(OC(F)(F)F)cc1)[C@H]1CCCN(C(=O)c2cc(-c3ccccn3)n[nH]2)C1. The molecule has 11 heteroatoms. The van der Waals surface area contributed by atoms with E-state index >= 15 is 0 Å². The number of H-pyrrole nitrogens is 1. The first-order valence-electron chi connectivity index (χ1n) is 10.2. The van der Waals surface area contributed by atoms with Crippen LogP contribution in [0.4, 0.5) is 18.9 Å². The monoisotopic (exact) mass is 459 g/mol. The number of ether oxygens (including phenoxy) is 1. The van der Waals surface area contributed by atoms with Crippen LogP contribution in [-0.4, -0.2) is 51.3 Å². The number of alkyl halides is 3. The minimum Gasteiger partial charge on any atom is -0.406 e. The number of amides is 2. The van der Waals surface area contributed by atoms with E-state index in [1.807, 2.05) is 6.07 Å². The van der Waals surface area contributed by atoms with Crippen molar-refractivity contribution in [3.8, 4) is 17.1 Å². The number of hydrogen-bond acceptors (Lipinski definition) is 5. The van der Waals surface area contributed by atoms with E-state index in [9.17, 15) is 22.8 Å². The topological polar surface area (TPSA) is 100 Å². The molecular weight excluding hydrogens is 439 g/mol. The van der Waals surface area contributed by atoms with Gasteiger partial charge in [-0.1, -0.05) is 6.07 Å². The maximum atomic E-state index is 12.9. The molecule has 1 aliphatic rings. The summed E-state index contributed by atoms with van der Waals surface area (Å²) in [6.45, 7) is 0.724. The van der Waals surface area contributed by atoms with Crippen LogP contribution in [0, 0.1) is 5.92 Å². The molecule has 1 saturated heterocycles. The summed E-state index contributed by atoms with van der Waals surface area (Å²) in [7, 11) is 0. The molecule has 2 N–H and O–H groups in total. The smallest absolute Gasteiger partial charge is 0.406 e. The standard InChI is InChI=1S/C22H20F3N5O3/c23-22(24,25)33-16-8-6-15(7-9-16)27-20(31)14-4-3-11-30(13-14)21(32)19-12-18(28-29-19)17-5-1-2-10-26-17/h1-2,5-10,12,14H,3-4,11,13H2,(H,27,31)(H,28,29)/t14-/m0/s1. The lowest BCUT2D eigenvalue weighted by atomic mass is 9.96. The van der Waals surface area contributed by atoms with Gasteiger partial charge in [0.1, 0.15) is 17.1 Å². The summed E-state index contributed by atoms with van der Waals surface area (Å²) in [5.74, 6) is -1.40. The predicted molar refractivity (Wildman–Crippen MR) is 112 cm³/mol. The molecular formula is C22H20F3N5O3. The Labute approximate surface area is 186 Å². The van der Waals surface area contributed by atoms with E-state index < -0.39 is 12.3 Å². The van der Waals surface area contributed by atoms with Crippen molar-refractivity contribution in [3.05, 3.63) is 60.4 Å². The number of nitrogens with one attached hydrogen (secondary N) is 2. The molecule has 1 fully saturated rings. The molecule has 1 aromatic carbocycles. The third-order valence-corrected chi connectivity index (χ3v) is 5.17. The zero-order valence-corrected chi connectivity index (χ0v) is 17.3. The van der Waals surface area contributed by atoms with Crippen molar-refractivity contribution < 1.29 is 27.5 Å². The third-order valence-electron chi connectivity index (χ3n) is 5.17. The Kier molecular flexibility index (Phi) is 6.29. The van der Waals surface area contributed by atoms with Gasteiger partial charge in [-0.25, -0.2) is 0 Å². The fourth-order valence-corrected chi connectivity index (χ4v) is 3.61. The largest absolute Gasteiger partial charge is 0.573 e. The van der Waals surface area contributed by atoms with Crippen LogP contribution in [0.2, 0.25) is 0 Å². The molecule has 8 nitrogen and oxygen atoms in total. The average molecular weight is 459 g/mol. The molecule has 3 heterocycles. The summed E-state index contributed by atoms with van der Waals surface area (Å²) in [6, 6.07) is 11.9. The van der Waals surface area contributed by atoms with Crippen LogP contribution in [0.25, 0.3) is 11.4 Å². The third kappa shape index (κ3) is 5.68. The van der Waals surface area contributed by atoms with E-state index in [4.69, 9.17) is 0 Å². The van der Waals surface area contributed by atoms with Crippen molar-refractivity contribution in [2.24, 2.45) is 5.92 Å². The second kappa shape index (κ2) is 9.31. The van der Waals surface area contributed by atoms with Crippen molar-refractivity contribution in [3.63, 3.8) is 0 Å². The Bertz CT molecular complexity index is 1120. The molecule has 0 saturated carbocycles. The minimum absolute atomic E-state index is 0.220. The van der Waals surface area contributed by atoms with Crippen LogP contribution < -0.4 is 10.1 Å². The second-order valence-corrected chi connectivity index (χ2v) is 7.53. The molecule has 4 rings (SSSR count). The van der Waals surface area contributed by atoms with Gasteiger partial charge in [0, 0.05) is 25.0 Å². The van der Waals surface area contributed by atoms with Gasteiger partial charge < -0.3 is 15.0 Å². The molecule has 3 aromatic rings. The highest BCUT2D eigenvalue weighted by molar-refractivity contribution is 5.95. The van der Waals surface area contributed by atoms with E-state index in [0.29, 0.717) is 42.2 Å². The van der Waals surface area contributed by atoms with Gasteiger partial charge in [-0.2, -0.15) is 5.10 Å². The molecule has 1 atom stereocenters. The van der Waals surface area contributed by atoms with Crippen molar-refractivity contribution in [1.29, 1.82) is 0 Å². The fourth-order valence-electron chi connectivity index (χ4n) is 3.61. The lowest BCUT2D eigenvalue weighted by molar-refractivity contribution is -0.274. The van der Waals surface area contributed by atoms with Gasteiger partial charge in [-0.05, 0) is 55.3 Å². The van der Waals surface area contributed by atoms with E-state index in [2.05, 4.69) is 25.2 Å². The number of aromatic nitrogens is 3. The van der Waals surface area contributed by atoms with Crippen LogP contribution in [0.5, 0.6) is 5.75 Å². The number of carbonyl (C=O) groups is 2. The Hall–Kier alpha value is -3.89. The maximum Gasteiger partial charge on any atom is 0.573 e. The molecule has 0 spiro atoms. The highest BCUT2D eigenvalue weighted by Crippen LogP contribution is 2.25. The molecule has 0 bridgehead atoms. The summed E-state index contributed by atoms with van der Waals surface area (Å²) in [6.07, 6.45) is -1.91. The molecule has 0 unspecified atom stereocenters. The van der Waals surface area contributed by atoms with E-state index in [1.54, 1.807) is 29.3 Å². The molecule has 1 aliphatic heterocycles. The van der Waals surface area contributed by atoms with E-state index in [1.165, 1.54) is 12.1 Å². The number of hydrogen-bond donors (Lipinski definition) is 2. The molecule has 0 radical (unpaired) electrons. The summed E-state index contributed by atoms with van der Waals surface area (Å²) < 4.78 is 40.6. The molecule has 172 valence electrons. The molecule has 2 amide bonds. The average Bonchev–Trinajstić information content (AvgIpc) is 3.30. The lowest BCUT2D eigenvalue weighted by Gasteiger charge is -2.31. The quantitative estimate of drug-likeness (QED) is 0.604. The number of pyridine rings is 1. The Balaban J connectivity index is 1.36. The van der Waals surface area contributed by atoms with Crippen molar-refractivity contribution >= 4 is 17.5 Å². The van der Waals surface area contributed by atoms with Gasteiger partial charge in [0.2, 0.25) is 5.91 Å². The van der Waals surface area contributed by atoms with Gasteiger partial charge in [-0.3, -0.25) is 19.7 Å². The van der Waals surface area contributed by atoms with Crippen LogP contribution >= 0.6 is 0 Å². The summed E-state index contributed by atoms with van der Waals surface area (Å²) in [5.41, 5.74) is 1.82. The Morgan fingerprint density at radius 1 is 1.12 bits per heavy atom. The first kappa shape index (κ1) is 22.3. The van der Waals surface area contributed by atoms with Gasteiger partial charge in [0.15, 0.2) is 0 Å². The van der Waals surface area contributed by atoms with E-state index in [0.717, 1.165) is 12.1 Å². The van der Waals surface area contributed by atoms with Crippen molar-refractivity contribution in [2.75, 3.05) is 18.4 Å². The predicted octanol–water partition coefficient (Wildman–Crippen LogP) is 3.86.